The molecule has 1 aliphatic heterocycles. The molecule has 0 aliphatic carbocycles. The van der Waals surface area contributed by atoms with Gasteiger partial charge in [-0.2, -0.15) is 4.31 Å². The van der Waals surface area contributed by atoms with Crippen LogP contribution in [0, 0.1) is 16.0 Å². The van der Waals surface area contributed by atoms with E-state index in [2.05, 4.69) is 12.2 Å². The van der Waals surface area contributed by atoms with E-state index in [0.29, 0.717) is 30.4 Å². The largest absolute Gasteiger partial charge is 0.366 e. The standard InChI is InChI=1S/C23H30N4O5S/c1-4-26(5-2)33(31,32)20-10-6-9-19(15-20)24-23(28)18-11-12-21(22(14-18)27(29)30)25-13-7-8-17(3)16-25/h6,9-12,14-15,17H,4-5,7-8,13,16H2,1-3H3,(H,24,28)/t17-/m1/s1. The lowest BCUT2D eigenvalue weighted by Crippen LogP contribution is -2.34. The number of carbonyl (C=O) groups excluding carboxylic acids is 1. The Morgan fingerprint density at radius 1 is 1.21 bits per heavy atom. The highest BCUT2D eigenvalue weighted by atomic mass is 32.2. The van der Waals surface area contributed by atoms with Crippen molar-refractivity contribution in [3.8, 4) is 0 Å². The molecule has 178 valence electrons. The molecule has 1 aliphatic rings. The molecule has 33 heavy (non-hydrogen) atoms. The monoisotopic (exact) mass is 474 g/mol. The number of hydrogen-bond acceptors (Lipinski definition) is 6. The van der Waals surface area contributed by atoms with Crippen LogP contribution in [0.15, 0.2) is 47.4 Å². The van der Waals surface area contributed by atoms with E-state index in [9.17, 15) is 23.3 Å². The van der Waals surface area contributed by atoms with Crippen molar-refractivity contribution in [2.75, 3.05) is 36.4 Å². The maximum atomic E-state index is 12.8. The third kappa shape index (κ3) is 5.51. The minimum absolute atomic E-state index is 0.0737. The summed E-state index contributed by atoms with van der Waals surface area (Å²) in [4.78, 5) is 26.2. The smallest absolute Gasteiger partial charge is 0.293 e. The van der Waals surface area contributed by atoms with E-state index in [1.165, 1.54) is 22.5 Å². The fourth-order valence-electron chi connectivity index (χ4n) is 4.14. The van der Waals surface area contributed by atoms with Crippen LogP contribution in [-0.4, -0.2) is 49.7 Å². The summed E-state index contributed by atoms with van der Waals surface area (Å²) in [6, 6.07) is 10.5. The third-order valence-electron chi connectivity index (χ3n) is 5.87. The molecular weight excluding hydrogens is 444 g/mol. The van der Waals surface area contributed by atoms with Crippen LogP contribution in [0.1, 0.15) is 44.0 Å². The van der Waals surface area contributed by atoms with Crippen LogP contribution >= 0.6 is 0 Å². The van der Waals surface area contributed by atoms with Crippen LogP contribution in [0.25, 0.3) is 0 Å². The first-order chi connectivity index (χ1) is 15.7. The molecule has 1 amide bonds. The zero-order valence-corrected chi connectivity index (χ0v) is 20.0. The fraction of sp³-hybridized carbons (Fsp3) is 0.435. The highest BCUT2D eigenvalue weighted by Crippen LogP contribution is 2.32. The number of hydrogen-bond donors (Lipinski definition) is 1. The van der Waals surface area contributed by atoms with Crippen molar-refractivity contribution in [3.63, 3.8) is 0 Å². The number of amides is 1. The van der Waals surface area contributed by atoms with Crippen molar-refractivity contribution in [2.24, 2.45) is 5.92 Å². The van der Waals surface area contributed by atoms with Crippen molar-refractivity contribution in [2.45, 2.75) is 38.5 Å². The minimum Gasteiger partial charge on any atom is -0.366 e. The number of nitrogens with one attached hydrogen (secondary N) is 1. The van der Waals surface area contributed by atoms with Gasteiger partial charge in [-0.1, -0.05) is 26.8 Å². The molecule has 9 nitrogen and oxygen atoms in total. The number of sulfonamides is 1. The van der Waals surface area contributed by atoms with Gasteiger partial charge >= 0.3 is 0 Å². The van der Waals surface area contributed by atoms with Crippen LogP contribution in [-0.2, 0) is 10.0 Å². The maximum absolute atomic E-state index is 12.8. The van der Waals surface area contributed by atoms with E-state index in [1.54, 1.807) is 38.1 Å². The molecule has 2 aromatic carbocycles. The van der Waals surface area contributed by atoms with Gasteiger partial charge in [-0.05, 0) is 49.1 Å². The lowest BCUT2D eigenvalue weighted by Gasteiger charge is -2.32. The summed E-state index contributed by atoms with van der Waals surface area (Å²) < 4.78 is 26.9. The minimum atomic E-state index is -3.68. The summed E-state index contributed by atoms with van der Waals surface area (Å²) in [6.45, 7) is 7.78. The Hall–Kier alpha value is -2.98. The van der Waals surface area contributed by atoms with E-state index in [4.69, 9.17) is 0 Å². The second kappa shape index (κ2) is 10.3. The molecule has 1 atom stereocenters. The quantitative estimate of drug-likeness (QED) is 0.455. The first-order valence-corrected chi connectivity index (χ1v) is 12.6. The molecule has 10 heteroatoms. The Morgan fingerprint density at radius 3 is 2.58 bits per heavy atom. The predicted octanol–water partition coefficient (Wildman–Crippen LogP) is 4.11. The molecule has 0 unspecified atom stereocenters. The molecule has 0 spiro atoms. The van der Waals surface area contributed by atoms with Gasteiger partial charge in [0.05, 0.1) is 9.82 Å². The predicted molar refractivity (Wildman–Crippen MR) is 128 cm³/mol. The summed E-state index contributed by atoms with van der Waals surface area (Å²) in [5.41, 5.74) is 0.822. The average Bonchev–Trinajstić information content (AvgIpc) is 2.79. The van der Waals surface area contributed by atoms with Gasteiger partial charge < -0.3 is 10.2 Å². The number of nitrogens with zero attached hydrogens (tertiary/aromatic N) is 3. The number of nitro benzene ring substituents is 1. The Labute approximate surface area is 194 Å². The fourth-order valence-corrected chi connectivity index (χ4v) is 5.64. The van der Waals surface area contributed by atoms with E-state index < -0.39 is 20.9 Å². The van der Waals surface area contributed by atoms with Crippen LogP contribution in [0.5, 0.6) is 0 Å². The van der Waals surface area contributed by atoms with E-state index in [1.807, 2.05) is 4.90 Å². The van der Waals surface area contributed by atoms with Crippen LogP contribution in [0.3, 0.4) is 0 Å². The summed E-state index contributed by atoms with van der Waals surface area (Å²) in [7, 11) is -3.68. The highest BCUT2D eigenvalue weighted by Gasteiger charge is 2.26. The summed E-state index contributed by atoms with van der Waals surface area (Å²) >= 11 is 0. The van der Waals surface area contributed by atoms with Gasteiger partial charge in [0, 0.05) is 43.5 Å². The third-order valence-corrected chi connectivity index (χ3v) is 7.91. The van der Waals surface area contributed by atoms with E-state index >= 15 is 0 Å². The Kier molecular flexibility index (Phi) is 7.70. The summed E-state index contributed by atoms with van der Waals surface area (Å²) in [5.74, 6) is -0.102. The zero-order valence-electron chi connectivity index (χ0n) is 19.2. The molecular formula is C23H30N4O5S. The van der Waals surface area contributed by atoms with Crippen LogP contribution < -0.4 is 10.2 Å². The van der Waals surface area contributed by atoms with Crippen molar-refractivity contribution < 1.29 is 18.1 Å². The molecule has 1 heterocycles. The molecule has 1 saturated heterocycles. The van der Waals surface area contributed by atoms with Gasteiger partial charge in [0.1, 0.15) is 5.69 Å². The van der Waals surface area contributed by atoms with Gasteiger partial charge in [-0.3, -0.25) is 14.9 Å². The molecule has 0 aromatic heterocycles. The summed E-state index contributed by atoms with van der Waals surface area (Å²) in [5, 5.41) is 14.4. The number of rotatable bonds is 8. The van der Waals surface area contributed by atoms with Gasteiger partial charge in [0.15, 0.2) is 0 Å². The van der Waals surface area contributed by atoms with Gasteiger partial charge in [0.25, 0.3) is 11.6 Å². The highest BCUT2D eigenvalue weighted by molar-refractivity contribution is 7.89. The molecule has 0 bridgehead atoms. The second-order valence-electron chi connectivity index (χ2n) is 8.23. The average molecular weight is 475 g/mol. The van der Waals surface area contributed by atoms with Gasteiger partial charge in [0.2, 0.25) is 10.0 Å². The number of anilines is 2. The first kappa shape index (κ1) is 24.7. The van der Waals surface area contributed by atoms with E-state index in [-0.39, 0.29) is 16.1 Å². The number of nitro groups is 1. The van der Waals surface area contributed by atoms with Crippen molar-refractivity contribution in [1.29, 1.82) is 0 Å². The van der Waals surface area contributed by atoms with Crippen molar-refractivity contribution >= 4 is 33.0 Å². The van der Waals surface area contributed by atoms with E-state index in [0.717, 1.165) is 25.9 Å². The number of carbonyl (C=O) groups is 1. The molecule has 0 radical (unpaired) electrons. The molecule has 1 N–H and O–H groups in total. The normalized spacial score (nSPS) is 16.6. The second-order valence-corrected chi connectivity index (χ2v) is 10.2. The molecule has 1 fully saturated rings. The molecule has 2 aromatic rings. The Morgan fingerprint density at radius 2 is 1.94 bits per heavy atom. The van der Waals surface area contributed by atoms with Gasteiger partial charge in [-0.25, -0.2) is 8.42 Å². The van der Waals surface area contributed by atoms with Gasteiger partial charge in [-0.15, -0.1) is 0 Å². The number of piperidine rings is 1. The van der Waals surface area contributed by atoms with Crippen LogP contribution in [0.4, 0.5) is 17.1 Å². The number of benzene rings is 2. The van der Waals surface area contributed by atoms with Crippen molar-refractivity contribution in [3.05, 3.63) is 58.1 Å². The molecule has 0 saturated carbocycles. The topological polar surface area (TPSA) is 113 Å². The zero-order chi connectivity index (χ0) is 24.2. The Bertz CT molecular complexity index is 1130. The lowest BCUT2D eigenvalue weighted by atomic mass is 9.99. The lowest BCUT2D eigenvalue weighted by molar-refractivity contribution is -0.384. The van der Waals surface area contributed by atoms with Crippen molar-refractivity contribution in [1.82, 2.24) is 4.31 Å². The van der Waals surface area contributed by atoms with Crippen LogP contribution in [0.2, 0.25) is 0 Å². The summed E-state index contributed by atoms with van der Waals surface area (Å²) in [6.07, 6.45) is 2.06. The maximum Gasteiger partial charge on any atom is 0.293 e. The Balaban J connectivity index is 1.85. The first-order valence-electron chi connectivity index (χ1n) is 11.1. The molecule has 3 rings (SSSR count). The SMILES string of the molecule is CCN(CC)S(=O)(=O)c1cccc(NC(=O)c2ccc(N3CCC[C@@H](C)C3)c([N+](=O)[O-])c2)c1.